The van der Waals surface area contributed by atoms with Crippen LogP contribution in [0, 0.1) is 5.92 Å². The highest BCUT2D eigenvalue weighted by Crippen LogP contribution is 2.30. The Labute approximate surface area is 119 Å². The number of ether oxygens (including phenoxy) is 1. The molecule has 4 heteroatoms. The summed E-state index contributed by atoms with van der Waals surface area (Å²) in [6.07, 6.45) is 1.00. The minimum Gasteiger partial charge on any atom is -0.452 e. The van der Waals surface area contributed by atoms with E-state index in [1.807, 2.05) is 24.3 Å². The second-order valence-electron chi connectivity index (χ2n) is 5.62. The standard InChI is InChI=1S/C16H21NO3/c1-10(2)12-6-8-14(9-7-12)17-15(18)11(3)20-16(19)13-4-5-13/h6-11,13H,4-5H2,1-3H3,(H,17,18)/t11-/m1/s1. The van der Waals surface area contributed by atoms with Crippen molar-refractivity contribution in [3.05, 3.63) is 29.8 Å². The van der Waals surface area contributed by atoms with Crippen LogP contribution in [0.3, 0.4) is 0 Å². The van der Waals surface area contributed by atoms with Crippen LogP contribution in [-0.4, -0.2) is 18.0 Å². The highest BCUT2D eigenvalue weighted by Gasteiger charge is 2.33. The predicted molar refractivity (Wildman–Crippen MR) is 77.4 cm³/mol. The van der Waals surface area contributed by atoms with Crippen molar-refractivity contribution >= 4 is 17.6 Å². The molecule has 0 heterocycles. The second-order valence-corrected chi connectivity index (χ2v) is 5.62. The van der Waals surface area contributed by atoms with E-state index in [4.69, 9.17) is 4.74 Å². The zero-order valence-corrected chi connectivity index (χ0v) is 12.2. The van der Waals surface area contributed by atoms with E-state index < -0.39 is 6.10 Å². The van der Waals surface area contributed by atoms with Crippen molar-refractivity contribution in [3.8, 4) is 0 Å². The Bertz CT molecular complexity index is 489. The van der Waals surface area contributed by atoms with Crippen molar-refractivity contribution in [1.82, 2.24) is 0 Å². The molecule has 0 spiro atoms. The van der Waals surface area contributed by atoms with Gasteiger partial charge in [0, 0.05) is 5.69 Å². The molecule has 1 amide bonds. The molecule has 1 fully saturated rings. The van der Waals surface area contributed by atoms with Gasteiger partial charge in [0.1, 0.15) is 0 Å². The zero-order valence-electron chi connectivity index (χ0n) is 12.2. The Morgan fingerprint density at radius 2 is 1.75 bits per heavy atom. The third-order valence-corrected chi connectivity index (χ3v) is 3.42. The summed E-state index contributed by atoms with van der Waals surface area (Å²) >= 11 is 0. The van der Waals surface area contributed by atoms with Crippen molar-refractivity contribution in [2.75, 3.05) is 5.32 Å². The number of amides is 1. The molecule has 0 aromatic heterocycles. The van der Waals surface area contributed by atoms with E-state index in [1.54, 1.807) is 6.92 Å². The van der Waals surface area contributed by atoms with Crippen LogP contribution in [0.5, 0.6) is 0 Å². The average molecular weight is 275 g/mol. The number of hydrogen-bond donors (Lipinski definition) is 1. The van der Waals surface area contributed by atoms with E-state index in [2.05, 4.69) is 19.2 Å². The predicted octanol–water partition coefficient (Wildman–Crippen LogP) is 3.09. The minimum absolute atomic E-state index is 0.00979. The van der Waals surface area contributed by atoms with Crippen LogP contribution in [0.25, 0.3) is 0 Å². The SMILES string of the molecule is CC(C)c1ccc(NC(=O)[C@@H](C)OC(=O)C2CC2)cc1. The van der Waals surface area contributed by atoms with Crippen LogP contribution in [0.4, 0.5) is 5.69 Å². The van der Waals surface area contributed by atoms with Crippen molar-refractivity contribution in [1.29, 1.82) is 0 Å². The molecule has 1 aliphatic carbocycles. The van der Waals surface area contributed by atoms with E-state index in [0.29, 0.717) is 11.6 Å². The molecule has 1 aromatic rings. The Morgan fingerprint density at radius 3 is 2.25 bits per heavy atom. The summed E-state index contributed by atoms with van der Waals surface area (Å²) in [5.41, 5.74) is 1.94. The van der Waals surface area contributed by atoms with E-state index in [1.165, 1.54) is 5.56 Å². The summed E-state index contributed by atoms with van der Waals surface area (Å²) in [6.45, 7) is 5.83. The van der Waals surface area contributed by atoms with Crippen LogP contribution in [0.1, 0.15) is 45.1 Å². The first-order valence-corrected chi connectivity index (χ1v) is 7.08. The molecule has 0 radical (unpaired) electrons. The van der Waals surface area contributed by atoms with Crippen LogP contribution in [-0.2, 0) is 14.3 Å². The van der Waals surface area contributed by atoms with E-state index in [9.17, 15) is 9.59 Å². The second kappa shape index (κ2) is 6.07. The molecule has 0 bridgehead atoms. The Balaban J connectivity index is 1.87. The molecule has 1 aromatic carbocycles. The molecule has 0 aliphatic heterocycles. The van der Waals surface area contributed by atoms with Gasteiger partial charge in [0.25, 0.3) is 5.91 Å². The normalized spacial score (nSPS) is 15.8. The summed E-state index contributed by atoms with van der Waals surface area (Å²) in [4.78, 5) is 23.4. The van der Waals surface area contributed by atoms with Crippen LogP contribution in [0.15, 0.2) is 24.3 Å². The lowest BCUT2D eigenvalue weighted by Gasteiger charge is -2.14. The molecule has 1 atom stereocenters. The molecule has 4 nitrogen and oxygen atoms in total. The molecule has 0 saturated heterocycles. The average Bonchev–Trinajstić information content (AvgIpc) is 3.23. The van der Waals surface area contributed by atoms with Crippen LogP contribution >= 0.6 is 0 Å². The first kappa shape index (κ1) is 14.6. The molecule has 20 heavy (non-hydrogen) atoms. The molecular formula is C16H21NO3. The van der Waals surface area contributed by atoms with E-state index in [-0.39, 0.29) is 17.8 Å². The van der Waals surface area contributed by atoms with Gasteiger partial charge in [-0.15, -0.1) is 0 Å². The molecule has 108 valence electrons. The number of rotatable bonds is 5. The van der Waals surface area contributed by atoms with Gasteiger partial charge < -0.3 is 10.1 Å². The topological polar surface area (TPSA) is 55.4 Å². The largest absolute Gasteiger partial charge is 0.452 e. The van der Waals surface area contributed by atoms with Gasteiger partial charge in [0.15, 0.2) is 6.10 Å². The van der Waals surface area contributed by atoms with Crippen LogP contribution < -0.4 is 5.32 Å². The molecule has 2 rings (SSSR count). The Morgan fingerprint density at radius 1 is 1.15 bits per heavy atom. The van der Waals surface area contributed by atoms with Gasteiger partial charge in [-0.3, -0.25) is 9.59 Å². The summed E-state index contributed by atoms with van der Waals surface area (Å²) < 4.78 is 5.12. The van der Waals surface area contributed by atoms with Crippen molar-refractivity contribution in [2.45, 2.75) is 45.6 Å². The summed E-state index contributed by atoms with van der Waals surface area (Å²) in [7, 11) is 0. The monoisotopic (exact) mass is 275 g/mol. The van der Waals surface area contributed by atoms with Gasteiger partial charge in [0.2, 0.25) is 0 Å². The van der Waals surface area contributed by atoms with Crippen molar-refractivity contribution in [3.63, 3.8) is 0 Å². The zero-order chi connectivity index (χ0) is 14.7. The van der Waals surface area contributed by atoms with Gasteiger partial charge in [-0.1, -0.05) is 26.0 Å². The summed E-state index contributed by atoms with van der Waals surface area (Å²) in [5.74, 6) is -0.0900. The van der Waals surface area contributed by atoms with Gasteiger partial charge in [-0.05, 0) is 43.4 Å². The Hall–Kier alpha value is -1.84. The van der Waals surface area contributed by atoms with Crippen molar-refractivity contribution < 1.29 is 14.3 Å². The van der Waals surface area contributed by atoms with Gasteiger partial charge in [0.05, 0.1) is 5.92 Å². The first-order chi connectivity index (χ1) is 9.47. The lowest BCUT2D eigenvalue weighted by atomic mass is 10.0. The molecule has 1 saturated carbocycles. The van der Waals surface area contributed by atoms with E-state index >= 15 is 0 Å². The fraction of sp³-hybridized carbons (Fsp3) is 0.500. The highest BCUT2D eigenvalue weighted by atomic mass is 16.5. The fourth-order valence-electron chi connectivity index (χ4n) is 1.84. The maximum atomic E-state index is 11.9. The number of anilines is 1. The van der Waals surface area contributed by atoms with Crippen molar-refractivity contribution in [2.24, 2.45) is 5.92 Å². The molecular weight excluding hydrogens is 254 g/mol. The quantitative estimate of drug-likeness (QED) is 0.840. The lowest BCUT2D eigenvalue weighted by molar-refractivity contribution is -0.154. The summed E-state index contributed by atoms with van der Waals surface area (Å²) in [6, 6.07) is 7.70. The number of esters is 1. The lowest BCUT2D eigenvalue weighted by Crippen LogP contribution is -2.30. The number of carbonyl (C=O) groups excluding carboxylic acids is 2. The number of carbonyl (C=O) groups is 2. The third-order valence-electron chi connectivity index (χ3n) is 3.42. The Kier molecular flexibility index (Phi) is 4.42. The van der Waals surface area contributed by atoms with Crippen LogP contribution in [0.2, 0.25) is 0 Å². The highest BCUT2D eigenvalue weighted by molar-refractivity contribution is 5.95. The number of benzene rings is 1. The third kappa shape index (κ3) is 3.83. The molecule has 0 unspecified atom stereocenters. The molecule has 1 aliphatic rings. The minimum atomic E-state index is -0.757. The maximum Gasteiger partial charge on any atom is 0.309 e. The van der Waals surface area contributed by atoms with Gasteiger partial charge in [-0.2, -0.15) is 0 Å². The smallest absolute Gasteiger partial charge is 0.309 e. The van der Waals surface area contributed by atoms with Gasteiger partial charge >= 0.3 is 5.97 Å². The first-order valence-electron chi connectivity index (χ1n) is 7.08. The molecule has 1 N–H and O–H groups in total. The van der Waals surface area contributed by atoms with E-state index in [0.717, 1.165) is 12.8 Å². The fourth-order valence-corrected chi connectivity index (χ4v) is 1.84. The van der Waals surface area contributed by atoms with Gasteiger partial charge in [-0.25, -0.2) is 0 Å². The number of hydrogen-bond acceptors (Lipinski definition) is 3. The maximum absolute atomic E-state index is 11.9. The summed E-state index contributed by atoms with van der Waals surface area (Å²) in [5, 5.41) is 2.76. The number of nitrogens with one attached hydrogen (secondary N) is 1.